The molecule has 3 heteroatoms. The number of hydrogen-bond acceptors (Lipinski definition) is 2. The summed E-state index contributed by atoms with van der Waals surface area (Å²) in [4.78, 5) is 0. The molecule has 2 nitrogen and oxygen atoms in total. The summed E-state index contributed by atoms with van der Waals surface area (Å²) < 4.78 is 5.79. The first-order valence-electron chi connectivity index (χ1n) is 5.70. The van der Waals surface area contributed by atoms with Gasteiger partial charge in [0.1, 0.15) is 5.76 Å². The highest BCUT2D eigenvalue weighted by Gasteiger charge is 2.09. The first kappa shape index (κ1) is 11.2. The third-order valence-corrected chi connectivity index (χ3v) is 3.36. The number of hydrogen-bond donors (Lipinski definition) is 1. The number of halogens is 1. The highest BCUT2D eigenvalue weighted by Crippen LogP contribution is 2.32. The van der Waals surface area contributed by atoms with E-state index in [1.54, 1.807) is 0 Å². The van der Waals surface area contributed by atoms with Crippen molar-refractivity contribution in [3.63, 3.8) is 0 Å². The number of furan rings is 1. The smallest absolute Gasteiger partial charge is 0.153 e. The second-order valence-electron chi connectivity index (χ2n) is 4.34. The molecule has 2 aromatic carbocycles. The van der Waals surface area contributed by atoms with Crippen LogP contribution in [-0.4, -0.2) is 0 Å². The molecule has 0 aliphatic rings. The molecule has 0 aliphatic carbocycles. The van der Waals surface area contributed by atoms with E-state index in [-0.39, 0.29) is 0 Å². The van der Waals surface area contributed by atoms with Crippen molar-refractivity contribution >= 4 is 28.3 Å². The van der Waals surface area contributed by atoms with E-state index in [9.17, 15) is 0 Å². The fourth-order valence-corrected chi connectivity index (χ4v) is 2.18. The number of aryl methyl sites for hydroxylation is 1. The molecule has 0 fully saturated rings. The third kappa shape index (κ3) is 1.75. The Kier molecular flexibility index (Phi) is 2.53. The van der Waals surface area contributed by atoms with E-state index in [0.717, 1.165) is 28.0 Å². The van der Waals surface area contributed by atoms with E-state index < -0.39 is 0 Å². The van der Waals surface area contributed by atoms with Gasteiger partial charge in [-0.25, -0.2) is 0 Å². The number of nitrogens with two attached hydrogens (primary N) is 1. The van der Waals surface area contributed by atoms with Gasteiger partial charge in [-0.15, -0.1) is 0 Å². The average Bonchev–Trinajstić information content (AvgIpc) is 2.78. The minimum Gasteiger partial charge on any atom is -0.455 e. The van der Waals surface area contributed by atoms with E-state index in [4.69, 9.17) is 21.8 Å². The lowest BCUT2D eigenvalue weighted by Crippen LogP contribution is -1.89. The van der Waals surface area contributed by atoms with E-state index in [1.807, 2.05) is 49.4 Å². The summed E-state index contributed by atoms with van der Waals surface area (Å²) in [5.74, 6) is 0.782. The second kappa shape index (κ2) is 4.07. The summed E-state index contributed by atoms with van der Waals surface area (Å²) in [7, 11) is 0. The normalized spacial score (nSPS) is 11.0. The van der Waals surface area contributed by atoms with Crippen molar-refractivity contribution in [3.8, 4) is 11.3 Å². The molecule has 0 radical (unpaired) electrons. The fraction of sp³-hybridized carbons (Fsp3) is 0.0667. The maximum absolute atomic E-state index is 6.10. The molecule has 0 spiro atoms. The summed E-state index contributed by atoms with van der Waals surface area (Å²) in [5.41, 5.74) is 9.42. The average molecular weight is 258 g/mol. The maximum atomic E-state index is 6.10. The molecule has 0 unspecified atom stereocenters. The first-order chi connectivity index (χ1) is 8.65. The van der Waals surface area contributed by atoms with Crippen LogP contribution >= 0.6 is 11.6 Å². The van der Waals surface area contributed by atoms with Crippen molar-refractivity contribution in [2.75, 3.05) is 5.73 Å². The molecule has 0 amide bonds. The molecule has 90 valence electrons. The van der Waals surface area contributed by atoms with E-state index in [1.165, 1.54) is 0 Å². The van der Waals surface area contributed by atoms with Crippen LogP contribution in [0.2, 0.25) is 5.02 Å². The first-order valence-corrected chi connectivity index (χ1v) is 6.07. The Morgan fingerprint density at radius 1 is 1.11 bits per heavy atom. The van der Waals surface area contributed by atoms with Gasteiger partial charge in [-0.3, -0.25) is 0 Å². The van der Waals surface area contributed by atoms with Crippen LogP contribution < -0.4 is 5.73 Å². The van der Waals surface area contributed by atoms with Crippen LogP contribution in [0, 0.1) is 6.92 Å². The standard InChI is InChI=1S/C15H12ClNO/c1-9-5-6-10(7-13(9)17)14-8-11-3-2-4-12(16)15(11)18-14/h2-8H,17H2,1H3. The molecular weight excluding hydrogens is 246 g/mol. The Bertz CT molecular complexity index is 730. The van der Waals surface area contributed by atoms with Gasteiger partial charge >= 0.3 is 0 Å². The predicted molar refractivity (Wildman–Crippen MR) is 75.8 cm³/mol. The Hall–Kier alpha value is -1.93. The minimum absolute atomic E-state index is 0.624. The summed E-state index contributed by atoms with van der Waals surface area (Å²) in [6.45, 7) is 1.98. The van der Waals surface area contributed by atoms with E-state index >= 15 is 0 Å². The number of para-hydroxylation sites is 1. The van der Waals surface area contributed by atoms with Crippen molar-refractivity contribution < 1.29 is 4.42 Å². The van der Waals surface area contributed by atoms with Crippen molar-refractivity contribution in [1.82, 2.24) is 0 Å². The van der Waals surface area contributed by atoms with Crippen molar-refractivity contribution in [3.05, 3.63) is 53.1 Å². The minimum atomic E-state index is 0.624. The van der Waals surface area contributed by atoms with Crippen LogP contribution in [0.25, 0.3) is 22.3 Å². The van der Waals surface area contributed by atoms with Crippen molar-refractivity contribution in [2.24, 2.45) is 0 Å². The zero-order valence-corrected chi connectivity index (χ0v) is 10.7. The molecule has 3 rings (SSSR count). The van der Waals surface area contributed by atoms with Crippen LogP contribution in [-0.2, 0) is 0 Å². The monoisotopic (exact) mass is 257 g/mol. The van der Waals surface area contributed by atoms with E-state index in [2.05, 4.69) is 0 Å². The topological polar surface area (TPSA) is 39.2 Å². The zero-order chi connectivity index (χ0) is 12.7. The van der Waals surface area contributed by atoms with Gasteiger partial charge in [0.15, 0.2) is 5.58 Å². The summed E-state index contributed by atoms with van der Waals surface area (Å²) in [6.07, 6.45) is 0. The molecule has 1 aromatic heterocycles. The lowest BCUT2D eigenvalue weighted by molar-refractivity contribution is 0.631. The number of benzene rings is 2. The molecule has 0 saturated carbocycles. The maximum Gasteiger partial charge on any atom is 0.153 e. The zero-order valence-electron chi connectivity index (χ0n) is 9.91. The Morgan fingerprint density at radius 3 is 2.67 bits per heavy atom. The summed E-state index contributed by atoms with van der Waals surface area (Å²) >= 11 is 6.10. The van der Waals surface area contributed by atoms with Gasteiger partial charge < -0.3 is 10.2 Å². The molecule has 0 bridgehead atoms. The van der Waals surface area contributed by atoms with Gasteiger partial charge in [0.25, 0.3) is 0 Å². The number of nitrogen functional groups attached to an aromatic ring is 1. The quantitative estimate of drug-likeness (QED) is 0.645. The van der Waals surface area contributed by atoms with Crippen LogP contribution in [0.1, 0.15) is 5.56 Å². The Labute approximate surface area is 110 Å². The molecule has 18 heavy (non-hydrogen) atoms. The predicted octanol–water partition coefficient (Wildman–Crippen LogP) is 4.64. The van der Waals surface area contributed by atoms with Crippen LogP contribution in [0.3, 0.4) is 0 Å². The van der Waals surface area contributed by atoms with Crippen LogP contribution in [0.5, 0.6) is 0 Å². The van der Waals surface area contributed by atoms with Gasteiger partial charge in [0.05, 0.1) is 5.02 Å². The summed E-state index contributed by atoms with van der Waals surface area (Å²) in [5, 5.41) is 1.62. The Balaban J connectivity index is 2.19. The SMILES string of the molecule is Cc1ccc(-c2cc3cccc(Cl)c3o2)cc1N. The number of rotatable bonds is 1. The van der Waals surface area contributed by atoms with Crippen LogP contribution in [0.15, 0.2) is 46.9 Å². The largest absolute Gasteiger partial charge is 0.455 e. The van der Waals surface area contributed by atoms with Gasteiger partial charge in [0, 0.05) is 16.6 Å². The molecular formula is C15H12ClNO. The molecule has 2 N–H and O–H groups in total. The lowest BCUT2D eigenvalue weighted by atomic mass is 10.1. The molecule has 0 aliphatic heterocycles. The van der Waals surface area contributed by atoms with Crippen LogP contribution in [0.4, 0.5) is 5.69 Å². The van der Waals surface area contributed by atoms with Gasteiger partial charge in [-0.05, 0) is 30.7 Å². The van der Waals surface area contributed by atoms with Crippen molar-refractivity contribution in [2.45, 2.75) is 6.92 Å². The molecule has 3 aromatic rings. The highest BCUT2D eigenvalue weighted by atomic mass is 35.5. The molecule has 0 atom stereocenters. The van der Waals surface area contributed by atoms with Crippen molar-refractivity contribution in [1.29, 1.82) is 0 Å². The van der Waals surface area contributed by atoms with E-state index in [0.29, 0.717) is 10.6 Å². The molecule has 1 heterocycles. The highest BCUT2D eigenvalue weighted by molar-refractivity contribution is 6.34. The van der Waals surface area contributed by atoms with Gasteiger partial charge in [-0.1, -0.05) is 35.9 Å². The second-order valence-corrected chi connectivity index (χ2v) is 4.75. The fourth-order valence-electron chi connectivity index (χ4n) is 1.96. The van der Waals surface area contributed by atoms with Gasteiger partial charge in [-0.2, -0.15) is 0 Å². The molecule has 0 saturated heterocycles. The van der Waals surface area contributed by atoms with Gasteiger partial charge in [0.2, 0.25) is 0 Å². The third-order valence-electron chi connectivity index (χ3n) is 3.06. The Morgan fingerprint density at radius 2 is 1.94 bits per heavy atom. The number of anilines is 1. The lowest BCUT2D eigenvalue weighted by Gasteiger charge is -2.02. The summed E-state index contributed by atoms with van der Waals surface area (Å²) in [6, 6.07) is 13.6. The number of fused-ring (bicyclic) bond motifs is 1.